The van der Waals surface area contributed by atoms with E-state index >= 15 is 0 Å². The van der Waals surface area contributed by atoms with E-state index in [0.29, 0.717) is 18.2 Å². The van der Waals surface area contributed by atoms with Gasteiger partial charge in [-0.3, -0.25) is 0 Å². The number of allylic oxidation sites excluding steroid dienone is 1. The van der Waals surface area contributed by atoms with Gasteiger partial charge in [0.25, 0.3) is 0 Å². The van der Waals surface area contributed by atoms with Gasteiger partial charge in [-0.1, -0.05) is 12.2 Å². The molecule has 1 rings (SSSR count). The Morgan fingerprint density at radius 2 is 2.50 bits per heavy atom. The zero-order chi connectivity index (χ0) is 8.81. The summed E-state index contributed by atoms with van der Waals surface area (Å²) in [5.41, 5.74) is 6.16. The summed E-state index contributed by atoms with van der Waals surface area (Å²) in [6.45, 7) is 2.45. The van der Waals surface area contributed by atoms with Gasteiger partial charge in [0.2, 0.25) is 5.88 Å². The third-order valence-corrected chi connectivity index (χ3v) is 1.35. The number of nitrogens with two attached hydrogens (primary N) is 1. The summed E-state index contributed by atoms with van der Waals surface area (Å²) in [5, 5.41) is 0. The number of hydrogen-bond donors (Lipinski definition) is 1. The lowest BCUT2D eigenvalue weighted by Gasteiger charge is -2.03. The van der Waals surface area contributed by atoms with Crippen LogP contribution >= 0.6 is 0 Å². The van der Waals surface area contributed by atoms with E-state index in [9.17, 15) is 0 Å². The first-order chi connectivity index (χ1) is 5.84. The molecule has 0 bridgehead atoms. The summed E-state index contributed by atoms with van der Waals surface area (Å²) in [7, 11) is 0. The van der Waals surface area contributed by atoms with E-state index in [1.807, 2.05) is 19.1 Å². The molecule has 1 aromatic rings. The van der Waals surface area contributed by atoms with Crippen molar-refractivity contribution in [3.05, 3.63) is 30.5 Å². The summed E-state index contributed by atoms with van der Waals surface area (Å²) in [6.07, 6.45) is 5.47. The van der Waals surface area contributed by atoms with Crippen molar-refractivity contribution in [2.45, 2.75) is 6.92 Å². The number of ether oxygens (including phenoxy) is 1. The maximum Gasteiger partial charge on any atom is 0.237 e. The van der Waals surface area contributed by atoms with Crippen LogP contribution in [0.25, 0.3) is 0 Å². The lowest BCUT2D eigenvalue weighted by Crippen LogP contribution is -1.99. The van der Waals surface area contributed by atoms with Crippen molar-refractivity contribution in [3.8, 4) is 5.88 Å². The van der Waals surface area contributed by atoms with Crippen molar-refractivity contribution in [1.82, 2.24) is 4.98 Å². The van der Waals surface area contributed by atoms with Gasteiger partial charge < -0.3 is 10.5 Å². The smallest absolute Gasteiger partial charge is 0.237 e. The fraction of sp³-hybridized carbons (Fsp3) is 0.222. The van der Waals surface area contributed by atoms with Gasteiger partial charge >= 0.3 is 0 Å². The van der Waals surface area contributed by atoms with E-state index < -0.39 is 0 Å². The number of nitrogen functional groups attached to an aromatic ring is 1. The number of nitrogens with zero attached hydrogens (tertiary/aromatic N) is 1. The van der Waals surface area contributed by atoms with Gasteiger partial charge in [-0.25, -0.2) is 4.98 Å². The predicted octanol–water partition coefficient (Wildman–Crippen LogP) is 1.62. The van der Waals surface area contributed by atoms with E-state index in [1.165, 1.54) is 0 Å². The highest BCUT2D eigenvalue weighted by Crippen LogP contribution is 2.15. The van der Waals surface area contributed by atoms with E-state index in [0.717, 1.165) is 0 Å². The molecule has 0 saturated heterocycles. The fourth-order valence-corrected chi connectivity index (χ4v) is 0.747. The van der Waals surface area contributed by atoms with E-state index in [4.69, 9.17) is 10.5 Å². The molecule has 0 aromatic carbocycles. The first-order valence-electron chi connectivity index (χ1n) is 3.79. The van der Waals surface area contributed by atoms with Crippen LogP contribution < -0.4 is 10.5 Å². The molecular formula is C9H12N2O. The van der Waals surface area contributed by atoms with Gasteiger partial charge in [-0.05, 0) is 19.1 Å². The van der Waals surface area contributed by atoms with Gasteiger partial charge in [-0.2, -0.15) is 0 Å². The highest BCUT2D eigenvalue weighted by molar-refractivity contribution is 5.46. The van der Waals surface area contributed by atoms with Crippen molar-refractivity contribution in [3.63, 3.8) is 0 Å². The van der Waals surface area contributed by atoms with Crippen LogP contribution in [0.3, 0.4) is 0 Å². The molecule has 64 valence electrons. The average Bonchev–Trinajstić information content (AvgIpc) is 2.09. The third-order valence-electron chi connectivity index (χ3n) is 1.35. The lowest BCUT2D eigenvalue weighted by atomic mass is 10.4. The van der Waals surface area contributed by atoms with Crippen molar-refractivity contribution in [2.24, 2.45) is 0 Å². The SMILES string of the molecule is C/C=C/COc1ncccc1N. The van der Waals surface area contributed by atoms with Gasteiger partial charge in [0.05, 0.1) is 5.69 Å². The minimum Gasteiger partial charge on any atom is -0.472 e. The second-order valence-corrected chi connectivity index (χ2v) is 2.28. The van der Waals surface area contributed by atoms with Crippen LogP contribution in [0.15, 0.2) is 30.5 Å². The summed E-state index contributed by atoms with van der Waals surface area (Å²) in [6, 6.07) is 3.54. The first kappa shape index (κ1) is 8.59. The van der Waals surface area contributed by atoms with Crippen molar-refractivity contribution in [2.75, 3.05) is 12.3 Å². The third kappa shape index (κ3) is 2.27. The van der Waals surface area contributed by atoms with Crippen LogP contribution in [-0.4, -0.2) is 11.6 Å². The Morgan fingerprint density at radius 1 is 1.67 bits per heavy atom. The number of aromatic nitrogens is 1. The molecule has 0 fully saturated rings. The zero-order valence-corrected chi connectivity index (χ0v) is 7.03. The van der Waals surface area contributed by atoms with Gasteiger partial charge in [0.1, 0.15) is 6.61 Å². The minimum absolute atomic E-state index is 0.496. The topological polar surface area (TPSA) is 48.1 Å². The molecule has 0 aliphatic heterocycles. The zero-order valence-electron chi connectivity index (χ0n) is 7.03. The number of pyridine rings is 1. The summed E-state index contributed by atoms with van der Waals surface area (Å²) in [4.78, 5) is 3.97. The summed E-state index contributed by atoms with van der Waals surface area (Å²) < 4.78 is 5.25. The van der Waals surface area contributed by atoms with E-state index in [1.54, 1.807) is 18.3 Å². The summed E-state index contributed by atoms with van der Waals surface area (Å²) >= 11 is 0. The second kappa shape index (κ2) is 4.38. The molecule has 0 unspecified atom stereocenters. The Kier molecular flexibility index (Phi) is 3.14. The molecule has 2 N–H and O–H groups in total. The fourth-order valence-electron chi connectivity index (χ4n) is 0.747. The Bertz CT molecular complexity index is 271. The highest BCUT2D eigenvalue weighted by Gasteiger charge is 1.96. The van der Waals surface area contributed by atoms with Crippen LogP contribution in [0.4, 0.5) is 5.69 Å². The van der Waals surface area contributed by atoms with E-state index in [2.05, 4.69) is 4.98 Å². The van der Waals surface area contributed by atoms with Crippen LogP contribution in [0, 0.1) is 0 Å². The monoisotopic (exact) mass is 164 g/mol. The molecule has 0 radical (unpaired) electrons. The Balaban J connectivity index is 2.57. The first-order valence-corrected chi connectivity index (χ1v) is 3.79. The Labute approximate surface area is 71.9 Å². The molecule has 0 spiro atoms. The minimum atomic E-state index is 0.496. The Hall–Kier alpha value is -1.51. The highest BCUT2D eigenvalue weighted by atomic mass is 16.5. The van der Waals surface area contributed by atoms with Gasteiger partial charge in [0.15, 0.2) is 0 Å². The molecule has 3 heteroatoms. The largest absolute Gasteiger partial charge is 0.472 e. The van der Waals surface area contributed by atoms with Crippen molar-refractivity contribution < 1.29 is 4.74 Å². The lowest BCUT2D eigenvalue weighted by molar-refractivity contribution is 0.350. The average molecular weight is 164 g/mol. The molecule has 3 nitrogen and oxygen atoms in total. The number of anilines is 1. The van der Waals surface area contributed by atoms with E-state index in [-0.39, 0.29) is 0 Å². The molecule has 0 amide bonds. The summed E-state index contributed by atoms with van der Waals surface area (Å²) in [5.74, 6) is 0.496. The maximum atomic E-state index is 5.59. The molecule has 1 aromatic heterocycles. The van der Waals surface area contributed by atoms with Crippen LogP contribution in [0.5, 0.6) is 5.88 Å². The standard InChI is InChI=1S/C9H12N2O/c1-2-3-7-12-9-8(10)5-4-6-11-9/h2-6H,7,10H2,1H3/b3-2+. The predicted molar refractivity (Wildman–Crippen MR) is 49.0 cm³/mol. The normalized spacial score (nSPS) is 10.4. The van der Waals surface area contributed by atoms with Gasteiger partial charge in [-0.15, -0.1) is 0 Å². The molecule has 0 aliphatic carbocycles. The van der Waals surface area contributed by atoms with Gasteiger partial charge in [0, 0.05) is 6.20 Å². The van der Waals surface area contributed by atoms with Crippen molar-refractivity contribution in [1.29, 1.82) is 0 Å². The van der Waals surface area contributed by atoms with Crippen LogP contribution in [0.2, 0.25) is 0 Å². The van der Waals surface area contributed by atoms with Crippen LogP contribution in [-0.2, 0) is 0 Å². The quantitative estimate of drug-likeness (QED) is 0.690. The molecule has 12 heavy (non-hydrogen) atoms. The number of hydrogen-bond acceptors (Lipinski definition) is 3. The molecule has 0 aliphatic rings. The maximum absolute atomic E-state index is 5.59. The number of rotatable bonds is 3. The molecule has 0 saturated carbocycles. The molecular weight excluding hydrogens is 152 g/mol. The van der Waals surface area contributed by atoms with Crippen LogP contribution in [0.1, 0.15) is 6.92 Å². The van der Waals surface area contributed by atoms with Crippen molar-refractivity contribution >= 4 is 5.69 Å². The molecule has 1 heterocycles. The Morgan fingerprint density at radius 3 is 3.17 bits per heavy atom. The second-order valence-electron chi connectivity index (χ2n) is 2.28. The molecule has 0 atom stereocenters.